The molecule has 0 unspecified atom stereocenters. The van der Waals surface area contributed by atoms with E-state index in [1.54, 1.807) is 0 Å². The van der Waals surface area contributed by atoms with E-state index in [1.807, 2.05) is 6.08 Å². The van der Waals surface area contributed by atoms with Gasteiger partial charge in [0.15, 0.2) is 0 Å². The van der Waals surface area contributed by atoms with Crippen molar-refractivity contribution in [3.8, 4) is 0 Å². The Bertz CT molecular complexity index is 42.8. The zero-order chi connectivity index (χ0) is 4.83. The van der Waals surface area contributed by atoms with Crippen LogP contribution in [-0.4, -0.2) is 5.33 Å². The Morgan fingerprint density at radius 1 is 1.67 bits per heavy atom. The number of hydrogen-bond donors (Lipinski definition) is 0. The van der Waals surface area contributed by atoms with Gasteiger partial charge < -0.3 is 0 Å². The van der Waals surface area contributed by atoms with E-state index in [1.165, 1.54) is 5.54 Å². The first-order valence-electron chi connectivity index (χ1n) is 1.73. The van der Waals surface area contributed by atoms with Gasteiger partial charge in [0.1, 0.15) is 0 Å². The Labute approximate surface area is 51.3 Å². The highest BCUT2D eigenvalue weighted by atomic mass is 79.9. The third-order valence-corrected chi connectivity index (χ3v) is 1.00. The van der Waals surface area contributed by atoms with E-state index in [-0.39, 0.29) is 0 Å². The van der Waals surface area contributed by atoms with Crippen LogP contribution in [-0.2, 0) is 0 Å². The first kappa shape index (κ1) is 6.51. The van der Waals surface area contributed by atoms with Gasteiger partial charge in [-0.15, -0.1) is 0 Å². The Kier molecular flexibility index (Phi) is 5.98. The number of hydrogen-bond acceptors (Lipinski definition) is 0. The fourth-order valence-corrected chi connectivity index (χ4v) is 0.516. The Morgan fingerprint density at radius 2 is 2.33 bits per heavy atom. The van der Waals surface area contributed by atoms with Crippen molar-refractivity contribution in [2.75, 3.05) is 5.33 Å². The molecule has 0 N–H and O–H groups in total. The molecule has 0 aliphatic carbocycles. The number of halogens is 2. The highest BCUT2D eigenvalue weighted by molar-refractivity contribution is 9.09. The van der Waals surface area contributed by atoms with E-state index in [9.17, 15) is 0 Å². The van der Waals surface area contributed by atoms with E-state index in [0.29, 0.717) is 0 Å². The Hall–Kier alpha value is 0.510. The fraction of sp³-hybridized carbons (Fsp3) is 0.500. The normalized spacial score (nSPS) is 10.3. The van der Waals surface area contributed by atoms with E-state index in [4.69, 9.17) is 11.6 Å². The molecule has 0 amide bonds. The van der Waals surface area contributed by atoms with Crippen molar-refractivity contribution in [1.29, 1.82) is 0 Å². The second kappa shape index (κ2) is 5.51. The maximum Gasteiger partial charge on any atom is 0.00663 e. The van der Waals surface area contributed by atoms with Crippen LogP contribution in [0.15, 0.2) is 11.6 Å². The molecule has 0 bridgehead atoms. The number of rotatable bonds is 2. The molecule has 0 saturated carbocycles. The number of allylic oxidation sites excluding steroid dienone is 1. The van der Waals surface area contributed by atoms with Gasteiger partial charge in [-0.3, -0.25) is 0 Å². The molecule has 0 aliphatic rings. The van der Waals surface area contributed by atoms with Crippen LogP contribution in [0.25, 0.3) is 0 Å². The lowest BCUT2D eigenvalue weighted by molar-refractivity contribution is 1.27. The third kappa shape index (κ3) is 4.51. The van der Waals surface area contributed by atoms with Crippen LogP contribution in [0.1, 0.15) is 6.42 Å². The summed E-state index contributed by atoms with van der Waals surface area (Å²) < 4.78 is 0. The third-order valence-electron chi connectivity index (χ3n) is 0.365. The summed E-state index contributed by atoms with van der Waals surface area (Å²) in [6.07, 6.45) is 2.92. The lowest BCUT2D eigenvalue weighted by atomic mass is 10.5. The average Bonchev–Trinajstić information content (AvgIpc) is 1.61. The summed E-state index contributed by atoms with van der Waals surface area (Å²) >= 11 is 8.42. The van der Waals surface area contributed by atoms with Crippen molar-refractivity contribution < 1.29 is 0 Å². The van der Waals surface area contributed by atoms with Crippen LogP contribution < -0.4 is 0 Å². The van der Waals surface area contributed by atoms with Crippen molar-refractivity contribution in [3.63, 3.8) is 0 Å². The van der Waals surface area contributed by atoms with Crippen molar-refractivity contribution in [2.24, 2.45) is 0 Å². The molecule has 0 aliphatic heterocycles. The molecule has 36 valence electrons. The smallest absolute Gasteiger partial charge is 0.00663 e. The minimum absolute atomic E-state index is 0.996. The molecule has 0 aromatic carbocycles. The van der Waals surface area contributed by atoms with Gasteiger partial charge in [-0.05, 0) is 6.42 Å². The number of alkyl halides is 1. The summed E-state index contributed by atoms with van der Waals surface area (Å²) in [5.74, 6) is 0. The van der Waals surface area contributed by atoms with Crippen molar-refractivity contribution in [1.82, 2.24) is 0 Å². The first-order valence-corrected chi connectivity index (χ1v) is 3.28. The Balaban J connectivity index is 2.66. The quantitative estimate of drug-likeness (QED) is 0.557. The van der Waals surface area contributed by atoms with Crippen LogP contribution in [0.2, 0.25) is 0 Å². The van der Waals surface area contributed by atoms with Crippen LogP contribution in [0.5, 0.6) is 0 Å². The molecule has 6 heavy (non-hydrogen) atoms. The van der Waals surface area contributed by atoms with Gasteiger partial charge in [-0.25, -0.2) is 0 Å². The lowest BCUT2D eigenvalue weighted by Crippen LogP contribution is -1.60. The summed E-state index contributed by atoms with van der Waals surface area (Å²) in [5.41, 5.74) is 1.53. The molecule has 0 nitrogen and oxygen atoms in total. The van der Waals surface area contributed by atoms with E-state index in [2.05, 4.69) is 15.9 Å². The molecule has 0 rings (SSSR count). The predicted molar refractivity (Wildman–Crippen MR) is 33.4 cm³/mol. The molecule has 0 aromatic heterocycles. The fourth-order valence-electron chi connectivity index (χ4n) is 0.126. The zero-order valence-electron chi connectivity index (χ0n) is 3.32. The second-order valence-corrected chi connectivity index (χ2v) is 1.88. The predicted octanol–water partition coefficient (Wildman–Crippen LogP) is 2.52. The monoisotopic (exact) mass is 168 g/mol. The maximum atomic E-state index is 5.18. The van der Waals surface area contributed by atoms with Gasteiger partial charge in [0.05, 0.1) is 0 Å². The molecule has 0 radical (unpaired) electrons. The van der Waals surface area contributed by atoms with E-state index >= 15 is 0 Å². The summed E-state index contributed by atoms with van der Waals surface area (Å²) in [7, 11) is 0. The molecule has 0 spiro atoms. The van der Waals surface area contributed by atoms with Gasteiger partial charge in [-0.1, -0.05) is 33.6 Å². The van der Waals surface area contributed by atoms with E-state index < -0.39 is 0 Å². The lowest BCUT2D eigenvalue weighted by Gasteiger charge is -1.73. The highest BCUT2D eigenvalue weighted by Crippen LogP contribution is 1.89. The molecule has 0 aromatic rings. The van der Waals surface area contributed by atoms with Crippen molar-refractivity contribution in [2.45, 2.75) is 6.42 Å². The van der Waals surface area contributed by atoms with Crippen molar-refractivity contribution in [3.05, 3.63) is 11.6 Å². The highest BCUT2D eigenvalue weighted by Gasteiger charge is 1.67. The average molecular weight is 169 g/mol. The second-order valence-electron chi connectivity index (χ2n) is 0.839. The molecule has 0 heterocycles. The van der Waals surface area contributed by atoms with Gasteiger partial charge in [0, 0.05) is 10.9 Å². The van der Waals surface area contributed by atoms with Gasteiger partial charge in [0.2, 0.25) is 0 Å². The molecular formula is C4H6BrCl. The topological polar surface area (TPSA) is 0 Å². The van der Waals surface area contributed by atoms with Crippen molar-refractivity contribution >= 4 is 27.5 Å². The standard InChI is InChI=1S/C4H6BrCl/c5-3-1-2-4-6/h2,4H,1,3H2/b4-2+. The summed E-state index contributed by atoms with van der Waals surface area (Å²) in [6.45, 7) is 0. The Morgan fingerprint density at radius 3 is 2.50 bits per heavy atom. The van der Waals surface area contributed by atoms with Gasteiger partial charge in [0.25, 0.3) is 0 Å². The zero-order valence-corrected chi connectivity index (χ0v) is 5.67. The molecule has 2 heteroatoms. The van der Waals surface area contributed by atoms with E-state index in [0.717, 1.165) is 11.8 Å². The van der Waals surface area contributed by atoms with Crippen LogP contribution in [0, 0.1) is 0 Å². The molecular weight excluding hydrogens is 163 g/mol. The van der Waals surface area contributed by atoms with Gasteiger partial charge in [-0.2, -0.15) is 0 Å². The maximum absolute atomic E-state index is 5.18. The van der Waals surface area contributed by atoms with Crippen LogP contribution >= 0.6 is 27.5 Å². The first-order chi connectivity index (χ1) is 2.91. The van der Waals surface area contributed by atoms with Crippen LogP contribution in [0.4, 0.5) is 0 Å². The largest absolute Gasteiger partial charge is 0.0933 e. The molecule has 0 saturated heterocycles. The van der Waals surface area contributed by atoms with Gasteiger partial charge >= 0.3 is 0 Å². The van der Waals surface area contributed by atoms with Crippen LogP contribution in [0.3, 0.4) is 0 Å². The molecule has 0 atom stereocenters. The summed E-state index contributed by atoms with van der Waals surface area (Å²) in [4.78, 5) is 0. The minimum atomic E-state index is 0.996. The summed E-state index contributed by atoms with van der Waals surface area (Å²) in [5, 5.41) is 0.996. The SMILES string of the molecule is Cl/C=C/CCBr. The minimum Gasteiger partial charge on any atom is -0.0933 e. The molecule has 0 fully saturated rings. The summed E-state index contributed by atoms with van der Waals surface area (Å²) in [6, 6.07) is 0.